The first-order chi connectivity index (χ1) is 11.4. The minimum atomic E-state index is -5.04. The molecule has 1 aliphatic rings. The summed E-state index contributed by atoms with van der Waals surface area (Å²) in [6.45, 7) is 0. The lowest BCUT2D eigenvalue weighted by atomic mass is 10.0. The summed E-state index contributed by atoms with van der Waals surface area (Å²) in [5.41, 5.74) is -3.94. The van der Waals surface area contributed by atoms with E-state index < -0.39 is 52.9 Å². The molecular weight excluding hydrogens is 356 g/mol. The van der Waals surface area contributed by atoms with Crippen LogP contribution in [0.2, 0.25) is 0 Å². The second-order valence-electron chi connectivity index (χ2n) is 5.81. The van der Waals surface area contributed by atoms with Gasteiger partial charge in [-0.25, -0.2) is 0 Å². The van der Waals surface area contributed by atoms with Crippen LogP contribution >= 0.6 is 0 Å². The highest BCUT2D eigenvalue weighted by Gasteiger charge is 2.38. The third-order valence-electron chi connectivity index (χ3n) is 3.97. The Morgan fingerprint density at radius 2 is 1.48 bits per heavy atom. The number of carbonyl (C=O) groups is 2. The van der Waals surface area contributed by atoms with E-state index in [1.165, 1.54) is 0 Å². The number of carboxylic acid groups (broad SMARTS) is 1. The van der Waals surface area contributed by atoms with Crippen LogP contribution in [0.5, 0.6) is 0 Å². The van der Waals surface area contributed by atoms with E-state index in [4.69, 9.17) is 5.11 Å². The van der Waals surface area contributed by atoms with Crippen LogP contribution in [0.3, 0.4) is 0 Å². The Morgan fingerprint density at radius 3 is 1.88 bits per heavy atom. The molecule has 138 valence electrons. The molecule has 1 fully saturated rings. The van der Waals surface area contributed by atoms with Gasteiger partial charge in [0.2, 0.25) is 0 Å². The molecular formula is C15H13F6NO3. The minimum absolute atomic E-state index is 0.0627. The van der Waals surface area contributed by atoms with Gasteiger partial charge in [-0.05, 0) is 37.5 Å². The molecule has 2 rings (SSSR count). The molecule has 1 saturated carbocycles. The van der Waals surface area contributed by atoms with Gasteiger partial charge in [-0.2, -0.15) is 26.3 Å². The van der Waals surface area contributed by atoms with Crippen LogP contribution in [-0.4, -0.2) is 23.0 Å². The van der Waals surface area contributed by atoms with Crippen molar-refractivity contribution in [2.24, 2.45) is 5.92 Å². The SMILES string of the molecule is O=C(N[C@H]1CC[C@@H](C(=O)O)C1)c1cc(C(F)(F)F)cc(C(F)(F)F)c1. The predicted molar refractivity (Wildman–Crippen MR) is 72.7 cm³/mol. The quantitative estimate of drug-likeness (QED) is 0.799. The topological polar surface area (TPSA) is 66.4 Å². The summed E-state index contributed by atoms with van der Waals surface area (Å²) in [5, 5.41) is 11.2. The van der Waals surface area contributed by atoms with E-state index >= 15 is 0 Å². The molecule has 2 N–H and O–H groups in total. The van der Waals surface area contributed by atoms with E-state index in [9.17, 15) is 35.9 Å². The van der Waals surface area contributed by atoms with Crippen molar-refractivity contribution < 1.29 is 41.0 Å². The molecule has 0 aliphatic heterocycles. The number of aliphatic carboxylic acids is 1. The molecule has 0 heterocycles. The van der Waals surface area contributed by atoms with Gasteiger partial charge in [0, 0.05) is 11.6 Å². The predicted octanol–water partition coefficient (Wildman–Crippen LogP) is 3.71. The average molecular weight is 369 g/mol. The Balaban J connectivity index is 2.25. The highest BCUT2D eigenvalue weighted by Crippen LogP contribution is 2.36. The Bertz CT molecular complexity index is 651. The van der Waals surface area contributed by atoms with E-state index in [1.54, 1.807) is 0 Å². The molecule has 0 aromatic heterocycles. The van der Waals surface area contributed by atoms with Crippen molar-refractivity contribution in [3.05, 3.63) is 34.9 Å². The van der Waals surface area contributed by atoms with Gasteiger partial charge in [-0.1, -0.05) is 0 Å². The number of rotatable bonds is 3. The molecule has 1 amide bonds. The zero-order valence-corrected chi connectivity index (χ0v) is 12.5. The molecule has 1 aliphatic carbocycles. The van der Waals surface area contributed by atoms with Crippen molar-refractivity contribution >= 4 is 11.9 Å². The maximum Gasteiger partial charge on any atom is 0.416 e. The molecule has 0 saturated heterocycles. The molecule has 0 bridgehead atoms. The normalized spacial score (nSPS) is 21.2. The summed E-state index contributed by atoms with van der Waals surface area (Å²) in [6, 6.07) is 0.00681. The molecule has 0 unspecified atom stereocenters. The summed E-state index contributed by atoms with van der Waals surface area (Å²) in [6.07, 6.45) is -9.45. The van der Waals surface area contributed by atoms with Crippen LogP contribution in [0.15, 0.2) is 18.2 Å². The van der Waals surface area contributed by atoms with Crippen LogP contribution in [0.25, 0.3) is 0 Å². The van der Waals surface area contributed by atoms with E-state index in [0.717, 1.165) is 0 Å². The Hall–Kier alpha value is -2.26. The first kappa shape index (κ1) is 19.1. The first-order valence-electron chi connectivity index (χ1n) is 7.21. The zero-order valence-electron chi connectivity index (χ0n) is 12.5. The summed E-state index contributed by atoms with van der Waals surface area (Å²) in [7, 11) is 0. The number of amides is 1. The van der Waals surface area contributed by atoms with E-state index in [2.05, 4.69) is 5.32 Å². The number of halogens is 6. The van der Waals surface area contributed by atoms with Crippen molar-refractivity contribution in [1.82, 2.24) is 5.32 Å². The fraction of sp³-hybridized carbons (Fsp3) is 0.467. The van der Waals surface area contributed by atoms with Gasteiger partial charge in [0.05, 0.1) is 17.0 Å². The van der Waals surface area contributed by atoms with Crippen molar-refractivity contribution in [3.8, 4) is 0 Å². The van der Waals surface area contributed by atoms with Crippen molar-refractivity contribution in [2.75, 3.05) is 0 Å². The van der Waals surface area contributed by atoms with Crippen molar-refractivity contribution in [3.63, 3.8) is 0 Å². The van der Waals surface area contributed by atoms with Crippen LogP contribution in [-0.2, 0) is 17.1 Å². The Morgan fingerprint density at radius 1 is 0.960 bits per heavy atom. The van der Waals surface area contributed by atoms with Gasteiger partial charge < -0.3 is 10.4 Å². The molecule has 0 spiro atoms. The number of nitrogens with one attached hydrogen (secondary N) is 1. The molecule has 0 radical (unpaired) electrons. The second kappa shape index (κ2) is 6.57. The summed E-state index contributed by atoms with van der Waals surface area (Å²) < 4.78 is 76.7. The standard InChI is InChI=1S/C15H13F6NO3/c16-14(17,18)9-3-8(4-10(6-9)15(19,20)21)12(23)22-11-2-1-7(5-11)13(24)25/h3-4,6-7,11H,1-2,5H2,(H,22,23)(H,24,25)/t7-,11+/m1/s1. The van der Waals surface area contributed by atoms with Crippen molar-refractivity contribution in [2.45, 2.75) is 37.7 Å². The number of carbonyl (C=O) groups excluding carboxylic acids is 1. The monoisotopic (exact) mass is 369 g/mol. The van der Waals surface area contributed by atoms with Crippen LogP contribution in [0.1, 0.15) is 40.7 Å². The summed E-state index contributed by atoms with van der Waals surface area (Å²) >= 11 is 0. The van der Waals surface area contributed by atoms with Gasteiger partial charge in [-0.3, -0.25) is 9.59 Å². The molecule has 25 heavy (non-hydrogen) atoms. The number of benzene rings is 1. The Labute approximate surface area is 137 Å². The third-order valence-corrected chi connectivity index (χ3v) is 3.97. The first-order valence-corrected chi connectivity index (χ1v) is 7.21. The summed E-state index contributed by atoms with van der Waals surface area (Å²) in [5.74, 6) is -2.86. The average Bonchev–Trinajstić information content (AvgIpc) is 2.93. The maximum absolute atomic E-state index is 12.8. The number of hydrogen-bond acceptors (Lipinski definition) is 2. The fourth-order valence-corrected chi connectivity index (χ4v) is 2.69. The molecule has 2 atom stereocenters. The lowest BCUT2D eigenvalue weighted by Crippen LogP contribution is -2.33. The maximum atomic E-state index is 12.8. The molecule has 4 nitrogen and oxygen atoms in total. The minimum Gasteiger partial charge on any atom is -0.481 e. The zero-order chi connectivity index (χ0) is 19.0. The fourth-order valence-electron chi connectivity index (χ4n) is 2.69. The highest BCUT2D eigenvalue weighted by molar-refractivity contribution is 5.95. The smallest absolute Gasteiger partial charge is 0.416 e. The summed E-state index contributed by atoms with van der Waals surface area (Å²) in [4.78, 5) is 22.9. The highest BCUT2D eigenvalue weighted by atomic mass is 19.4. The van der Waals surface area contributed by atoms with Gasteiger partial charge >= 0.3 is 18.3 Å². The van der Waals surface area contributed by atoms with Gasteiger partial charge in [-0.15, -0.1) is 0 Å². The molecule has 1 aromatic carbocycles. The molecule has 1 aromatic rings. The lowest BCUT2D eigenvalue weighted by molar-refractivity contribution is -0.143. The van der Waals surface area contributed by atoms with E-state index in [1.807, 2.05) is 0 Å². The third kappa shape index (κ3) is 4.64. The Kier molecular flexibility index (Phi) is 5.01. The van der Waals surface area contributed by atoms with E-state index in [0.29, 0.717) is 12.1 Å². The van der Waals surface area contributed by atoms with Crippen LogP contribution < -0.4 is 5.32 Å². The largest absolute Gasteiger partial charge is 0.481 e. The second-order valence-corrected chi connectivity index (χ2v) is 5.81. The van der Waals surface area contributed by atoms with Gasteiger partial charge in [0.1, 0.15) is 0 Å². The lowest BCUT2D eigenvalue weighted by Gasteiger charge is -2.16. The number of carboxylic acids is 1. The van der Waals surface area contributed by atoms with E-state index in [-0.39, 0.29) is 25.3 Å². The number of hydrogen-bond donors (Lipinski definition) is 2. The van der Waals surface area contributed by atoms with Crippen LogP contribution in [0.4, 0.5) is 26.3 Å². The van der Waals surface area contributed by atoms with Gasteiger partial charge in [0.15, 0.2) is 0 Å². The van der Waals surface area contributed by atoms with Gasteiger partial charge in [0.25, 0.3) is 5.91 Å². The number of alkyl halides is 6. The van der Waals surface area contributed by atoms with Crippen LogP contribution in [0, 0.1) is 5.92 Å². The molecule has 10 heteroatoms. The van der Waals surface area contributed by atoms with Crippen molar-refractivity contribution in [1.29, 1.82) is 0 Å².